The second kappa shape index (κ2) is 5.54. The van der Waals surface area contributed by atoms with E-state index >= 15 is 0 Å². The van der Waals surface area contributed by atoms with Crippen LogP contribution in [-0.4, -0.2) is 8.42 Å². The SMILES string of the molecule is Cc1cc(C#N)ccc1S(=O)(=O)Nc1cccc(F)c1C. The Balaban J connectivity index is 2.44. The summed E-state index contributed by atoms with van der Waals surface area (Å²) in [7, 11) is -3.83. The maximum Gasteiger partial charge on any atom is 0.262 e. The standard InChI is InChI=1S/C15H13FN2O2S/c1-10-8-12(9-17)6-7-15(10)21(19,20)18-14-5-3-4-13(16)11(14)2/h3-8,18H,1-2H3. The van der Waals surface area contributed by atoms with Crippen LogP contribution in [0, 0.1) is 31.0 Å². The van der Waals surface area contributed by atoms with Gasteiger partial charge in [-0.25, -0.2) is 12.8 Å². The Morgan fingerprint density at radius 1 is 1.19 bits per heavy atom. The van der Waals surface area contributed by atoms with Crippen LogP contribution in [0.25, 0.3) is 0 Å². The lowest BCUT2D eigenvalue weighted by Crippen LogP contribution is -2.15. The Morgan fingerprint density at radius 3 is 2.52 bits per heavy atom. The largest absolute Gasteiger partial charge is 0.279 e. The summed E-state index contributed by atoms with van der Waals surface area (Å²) in [4.78, 5) is 0.0603. The minimum absolute atomic E-state index is 0.0603. The first-order chi connectivity index (χ1) is 9.85. The predicted molar refractivity (Wildman–Crippen MR) is 77.8 cm³/mol. The Hall–Kier alpha value is -2.39. The quantitative estimate of drug-likeness (QED) is 0.947. The van der Waals surface area contributed by atoms with Crippen molar-refractivity contribution < 1.29 is 12.8 Å². The molecule has 0 aliphatic carbocycles. The number of aryl methyl sites for hydroxylation is 1. The van der Waals surface area contributed by atoms with Crippen LogP contribution in [0.1, 0.15) is 16.7 Å². The first kappa shape index (κ1) is 15.0. The average molecular weight is 304 g/mol. The molecule has 2 aromatic carbocycles. The number of hydrogen-bond donors (Lipinski definition) is 1. The van der Waals surface area contributed by atoms with Crippen molar-refractivity contribution in [1.29, 1.82) is 5.26 Å². The molecule has 0 spiro atoms. The van der Waals surface area contributed by atoms with E-state index in [-0.39, 0.29) is 16.1 Å². The zero-order chi connectivity index (χ0) is 15.6. The van der Waals surface area contributed by atoms with Crippen molar-refractivity contribution in [1.82, 2.24) is 0 Å². The number of nitrogens with zero attached hydrogens (tertiary/aromatic N) is 1. The molecular formula is C15H13FN2O2S. The van der Waals surface area contributed by atoms with Gasteiger partial charge in [0.15, 0.2) is 0 Å². The van der Waals surface area contributed by atoms with Gasteiger partial charge in [-0.05, 0) is 49.7 Å². The molecule has 0 fully saturated rings. The number of anilines is 1. The van der Waals surface area contributed by atoms with E-state index in [4.69, 9.17) is 5.26 Å². The molecule has 6 heteroatoms. The van der Waals surface area contributed by atoms with E-state index in [1.54, 1.807) is 6.92 Å². The zero-order valence-corrected chi connectivity index (χ0v) is 12.3. The van der Waals surface area contributed by atoms with Crippen molar-refractivity contribution in [3.8, 4) is 6.07 Å². The van der Waals surface area contributed by atoms with Gasteiger partial charge in [0, 0.05) is 5.56 Å². The number of hydrogen-bond acceptors (Lipinski definition) is 3. The summed E-state index contributed by atoms with van der Waals surface area (Å²) in [6.07, 6.45) is 0. The van der Waals surface area contributed by atoms with E-state index in [2.05, 4.69) is 4.72 Å². The number of rotatable bonds is 3. The average Bonchev–Trinajstić information content (AvgIpc) is 2.43. The van der Waals surface area contributed by atoms with Gasteiger partial charge in [-0.2, -0.15) is 5.26 Å². The van der Waals surface area contributed by atoms with Crippen LogP contribution in [-0.2, 0) is 10.0 Å². The smallest absolute Gasteiger partial charge is 0.262 e. The number of sulfonamides is 1. The second-order valence-electron chi connectivity index (χ2n) is 4.61. The lowest BCUT2D eigenvalue weighted by Gasteiger charge is -2.12. The van der Waals surface area contributed by atoms with Gasteiger partial charge in [0.1, 0.15) is 5.82 Å². The number of halogens is 1. The monoisotopic (exact) mass is 304 g/mol. The van der Waals surface area contributed by atoms with Gasteiger partial charge >= 0.3 is 0 Å². The molecule has 0 saturated carbocycles. The van der Waals surface area contributed by atoms with Crippen LogP contribution in [0.4, 0.5) is 10.1 Å². The van der Waals surface area contributed by atoms with Gasteiger partial charge in [-0.15, -0.1) is 0 Å². The molecule has 0 aliphatic heterocycles. The summed E-state index contributed by atoms with van der Waals surface area (Å²) < 4.78 is 40.6. The van der Waals surface area contributed by atoms with E-state index in [0.29, 0.717) is 11.1 Å². The molecule has 0 heterocycles. The third-order valence-electron chi connectivity index (χ3n) is 3.11. The Labute approximate surface area is 122 Å². The maximum atomic E-state index is 13.5. The molecule has 1 N–H and O–H groups in total. The van der Waals surface area contributed by atoms with Crippen LogP contribution in [0.2, 0.25) is 0 Å². The minimum Gasteiger partial charge on any atom is -0.279 e. The van der Waals surface area contributed by atoms with Gasteiger partial charge in [-0.3, -0.25) is 4.72 Å². The lowest BCUT2D eigenvalue weighted by molar-refractivity contribution is 0.600. The molecule has 0 aliphatic rings. The highest BCUT2D eigenvalue weighted by Gasteiger charge is 2.18. The number of nitrogens with one attached hydrogen (secondary N) is 1. The topological polar surface area (TPSA) is 70.0 Å². The molecule has 2 aromatic rings. The summed E-state index contributed by atoms with van der Waals surface area (Å²) in [5.41, 5.74) is 1.26. The molecular weight excluding hydrogens is 291 g/mol. The van der Waals surface area contributed by atoms with Crippen molar-refractivity contribution in [2.24, 2.45) is 0 Å². The highest BCUT2D eigenvalue weighted by molar-refractivity contribution is 7.92. The third-order valence-corrected chi connectivity index (χ3v) is 4.63. The van der Waals surface area contributed by atoms with E-state index < -0.39 is 15.8 Å². The Bertz CT molecular complexity index is 839. The van der Waals surface area contributed by atoms with E-state index in [9.17, 15) is 12.8 Å². The first-order valence-corrected chi connectivity index (χ1v) is 7.62. The fraction of sp³-hybridized carbons (Fsp3) is 0.133. The van der Waals surface area contributed by atoms with Crippen LogP contribution in [0.5, 0.6) is 0 Å². The van der Waals surface area contributed by atoms with Gasteiger partial charge in [0.05, 0.1) is 22.2 Å². The summed E-state index contributed by atoms with van der Waals surface area (Å²) in [5.74, 6) is -0.480. The Kier molecular flexibility index (Phi) is 3.96. The second-order valence-corrected chi connectivity index (χ2v) is 6.26. The Morgan fingerprint density at radius 2 is 1.90 bits per heavy atom. The summed E-state index contributed by atoms with van der Waals surface area (Å²) in [6, 6.07) is 10.4. The summed E-state index contributed by atoms with van der Waals surface area (Å²) in [5, 5.41) is 8.80. The molecule has 0 saturated heterocycles. The molecule has 0 aromatic heterocycles. The minimum atomic E-state index is -3.83. The summed E-state index contributed by atoms with van der Waals surface area (Å²) >= 11 is 0. The van der Waals surface area contributed by atoms with E-state index in [0.717, 1.165) is 0 Å². The van der Waals surface area contributed by atoms with Crippen molar-refractivity contribution >= 4 is 15.7 Å². The van der Waals surface area contributed by atoms with Crippen LogP contribution in [0.3, 0.4) is 0 Å². The molecule has 0 bridgehead atoms. The lowest BCUT2D eigenvalue weighted by atomic mass is 10.2. The summed E-state index contributed by atoms with van der Waals surface area (Å²) in [6.45, 7) is 3.10. The van der Waals surface area contributed by atoms with Crippen molar-refractivity contribution in [3.05, 3.63) is 58.9 Å². The van der Waals surface area contributed by atoms with Crippen LogP contribution < -0.4 is 4.72 Å². The zero-order valence-electron chi connectivity index (χ0n) is 11.5. The molecule has 21 heavy (non-hydrogen) atoms. The normalized spacial score (nSPS) is 11.0. The van der Waals surface area contributed by atoms with Crippen molar-refractivity contribution in [3.63, 3.8) is 0 Å². The van der Waals surface area contributed by atoms with Crippen molar-refractivity contribution in [2.75, 3.05) is 4.72 Å². The highest BCUT2D eigenvalue weighted by atomic mass is 32.2. The van der Waals surface area contributed by atoms with Gasteiger partial charge in [0.25, 0.3) is 10.0 Å². The van der Waals surface area contributed by atoms with Crippen LogP contribution in [0.15, 0.2) is 41.3 Å². The highest BCUT2D eigenvalue weighted by Crippen LogP contribution is 2.23. The molecule has 0 radical (unpaired) electrons. The molecule has 0 atom stereocenters. The molecule has 4 nitrogen and oxygen atoms in total. The molecule has 2 rings (SSSR count). The van der Waals surface area contributed by atoms with E-state index in [1.165, 1.54) is 43.3 Å². The maximum absolute atomic E-state index is 13.5. The van der Waals surface area contributed by atoms with Crippen molar-refractivity contribution in [2.45, 2.75) is 18.7 Å². The van der Waals surface area contributed by atoms with Gasteiger partial charge in [0.2, 0.25) is 0 Å². The van der Waals surface area contributed by atoms with Crippen LogP contribution >= 0.6 is 0 Å². The molecule has 0 amide bonds. The number of benzene rings is 2. The van der Waals surface area contributed by atoms with Gasteiger partial charge < -0.3 is 0 Å². The fourth-order valence-corrected chi connectivity index (χ4v) is 3.29. The molecule has 0 unspecified atom stereocenters. The first-order valence-electron chi connectivity index (χ1n) is 6.14. The van der Waals surface area contributed by atoms with E-state index in [1.807, 2.05) is 6.07 Å². The molecule has 108 valence electrons. The fourth-order valence-electron chi connectivity index (χ4n) is 1.94. The number of nitriles is 1. The van der Waals surface area contributed by atoms with Gasteiger partial charge in [-0.1, -0.05) is 6.07 Å². The predicted octanol–water partition coefficient (Wildman–Crippen LogP) is 3.12. The third kappa shape index (κ3) is 3.03.